The van der Waals surface area contributed by atoms with Gasteiger partial charge in [0.2, 0.25) is 5.91 Å². The summed E-state index contributed by atoms with van der Waals surface area (Å²) in [5, 5.41) is 5.66. The third-order valence-corrected chi connectivity index (χ3v) is 2.27. The van der Waals surface area contributed by atoms with E-state index in [-0.39, 0.29) is 5.91 Å². The second-order valence-corrected chi connectivity index (χ2v) is 3.30. The molecule has 1 fully saturated rings. The van der Waals surface area contributed by atoms with Crippen LogP contribution >= 0.6 is 0 Å². The number of carbonyl (C=O) groups excluding carboxylic acids is 1. The average molecular weight is 231 g/mol. The van der Waals surface area contributed by atoms with Crippen LogP contribution in [-0.4, -0.2) is 63.8 Å². The first-order valence-corrected chi connectivity index (χ1v) is 6.04. The van der Waals surface area contributed by atoms with E-state index >= 15 is 0 Å². The molecule has 1 rings (SSSR count). The second kappa shape index (κ2) is 10.9. The van der Waals surface area contributed by atoms with Gasteiger partial charge in [-0.3, -0.25) is 9.69 Å². The molecule has 0 aromatic carbocycles. The standard InChI is InChI=1S/C9H19N3O2.C2H6/c1-10-9(13)8-11-2-3-12-4-6-14-7-5-12;1-2/h11H,2-8H2,1H3,(H,10,13);1-2H3. The van der Waals surface area contributed by atoms with Gasteiger partial charge < -0.3 is 15.4 Å². The highest BCUT2D eigenvalue weighted by Gasteiger charge is 2.08. The van der Waals surface area contributed by atoms with Crippen LogP contribution in [0, 0.1) is 0 Å². The van der Waals surface area contributed by atoms with Gasteiger partial charge in [-0.05, 0) is 0 Å². The highest BCUT2D eigenvalue weighted by Crippen LogP contribution is 1.94. The van der Waals surface area contributed by atoms with Crippen molar-refractivity contribution in [2.75, 3.05) is 53.0 Å². The summed E-state index contributed by atoms with van der Waals surface area (Å²) in [6.45, 7) is 9.91. The van der Waals surface area contributed by atoms with Gasteiger partial charge in [0.15, 0.2) is 0 Å². The molecule has 0 aromatic heterocycles. The molecular formula is C11H25N3O2. The number of amides is 1. The van der Waals surface area contributed by atoms with Crippen molar-refractivity contribution < 1.29 is 9.53 Å². The summed E-state index contributed by atoms with van der Waals surface area (Å²) >= 11 is 0. The van der Waals surface area contributed by atoms with Crippen LogP contribution in [0.25, 0.3) is 0 Å². The number of ether oxygens (including phenoxy) is 1. The maximum atomic E-state index is 10.9. The number of morpholine rings is 1. The Bertz CT molecular complexity index is 171. The van der Waals surface area contributed by atoms with Crippen molar-refractivity contribution in [1.29, 1.82) is 0 Å². The van der Waals surface area contributed by atoms with E-state index in [2.05, 4.69) is 15.5 Å². The molecule has 0 bridgehead atoms. The molecule has 0 aromatic rings. The van der Waals surface area contributed by atoms with Crippen molar-refractivity contribution in [3.05, 3.63) is 0 Å². The normalized spacial score (nSPS) is 16.2. The molecule has 0 aliphatic carbocycles. The van der Waals surface area contributed by atoms with Gasteiger partial charge in [-0.1, -0.05) is 13.8 Å². The minimum atomic E-state index is 0.0342. The minimum Gasteiger partial charge on any atom is -0.379 e. The van der Waals surface area contributed by atoms with Gasteiger partial charge in [0, 0.05) is 33.2 Å². The number of nitrogens with zero attached hydrogens (tertiary/aromatic N) is 1. The highest BCUT2D eigenvalue weighted by molar-refractivity contribution is 5.77. The summed E-state index contributed by atoms with van der Waals surface area (Å²) in [5.41, 5.74) is 0. The molecule has 0 spiro atoms. The SMILES string of the molecule is CC.CNC(=O)CNCCN1CCOCC1. The number of nitrogens with one attached hydrogen (secondary N) is 2. The van der Waals surface area contributed by atoms with Gasteiger partial charge in [-0.15, -0.1) is 0 Å². The van der Waals surface area contributed by atoms with E-state index in [4.69, 9.17) is 4.74 Å². The van der Waals surface area contributed by atoms with Crippen LogP contribution in [0.2, 0.25) is 0 Å². The molecule has 0 radical (unpaired) electrons. The zero-order valence-corrected chi connectivity index (χ0v) is 10.7. The van der Waals surface area contributed by atoms with Crippen molar-refractivity contribution in [3.8, 4) is 0 Å². The summed E-state index contributed by atoms with van der Waals surface area (Å²) in [4.78, 5) is 13.2. The van der Waals surface area contributed by atoms with Gasteiger partial charge in [0.05, 0.1) is 19.8 Å². The average Bonchev–Trinajstić information content (AvgIpc) is 2.38. The number of carbonyl (C=O) groups is 1. The lowest BCUT2D eigenvalue weighted by Crippen LogP contribution is -2.41. The van der Waals surface area contributed by atoms with Crippen molar-refractivity contribution in [2.24, 2.45) is 0 Å². The van der Waals surface area contributed by atoms with Crippen LogP contribution in [0.1, 0.15) is 13.8 Å². The van der Waals surface area contributed by atoms with Gasteiger partial charge in [0.25, 0.3) is 0 Å². The summed E-state index contributed by atoms with van der Waals surface area (Å²) in [6.07, 6.45) is 0. The zero-order chi connectivity index (χ0) is 12.2. The maximum Gasteiger partial charge on any atom is 0.233 e. The van der Waals surface area contributed by atoms with Crippen molar-refractivity contribution in [2.45, 2.75) is 13.8 Å². The first-order valence-electron chi connectivity index (χ1n) is 6.04. The Labute approximate surface area is 98.5 Å². The minimum absolute atomic E-state index is 0.0342. The Morgan fingerprint density at radius 3 is 2.50 bits per heavy atom. The van der Waals surface area contributed by atoms with E-state index in [1.165, 1.54) is 0 Å². The molecule has 1 heterocycles. The Kier molecular flexibility index (Phi) is 10.4. The molecule has 5 nitrogen and oxygen atoms in total. The molecule has 16 heavy (non-hydrogen) atoms. The first-order chi connectivity index (χ1) is 7.83. The highest BCUT2D eigenvalue weighted by atomic mass is 16.5. The van der Waals surface area contributed by atoms with Gasteiger partial charge in [-0.25, -0.2) is 0 Å². The van der Waals surface area contributed by atoms with Crippen LogP contribution < -0.4 is 10.6 Å². The molecule has 1 aliphatic rings. The molecule has 0 atom stereocenters. The summed E-state index contributed by atoms with van der Waals surface area (Å²) in [6, 6.07) is 0. The lowest BCUT2D eigenvalue weighted by molar-refractivity contribution is -0.119. The van der Waals surface area contributed by atoms with E-state index in [9.17, 15) is 4.79 Å². The maximum absolute atomic E-state index is 10.9. The largest absolute Gasteiger partial charge is 0.379 e. The quantitative estimate of drug-likeness (QED) is 0.637. The van der Waals surface area contributed by atoms with Crippen molar-refractivity contribution >= 4 is 5.91 Å². The lowest BCUT2D eigenvalue weighted by atomic mass is 10.4. The van der Waals surface area contributed by atoms with E-state index < -0.39 is 0 Å². The molecular weight excluding hydrogens is 206 g/mol. The van der Waals surface area contributed by atoms with E-state index in [1.54, 1.807) is 7.05 Å². The van der Waals surface area contributed by atoms with Crippen LogP contribution in [0.5, 0.6) is 0 Å². The van der Waals surface area contributed by atoms with Crippen molar-refractivity contribution in [1.82, 2.24) is 15.5 Å². The summed E-state index contributed by atoms with van der Waals surface area (Å²) in [5.74, 6) is 0.0342. The van der Waals surface area contributed by atoms with E-state index in [0.29, 0.717) is 6.54 Å². The molecule has 96 valence electrons. The van der Waals surface area contributed by atoms with Crippen LogP contribution in [0.15, 0.2) is 0 Å². The fourth-order valence-electron chi connectivity index (χ4n) is 1.35. The fourth-order valence-corrected chi connectivity index (χ4v) is 1.35. The summed E-state index contributed by atoms with van der Waals surface area (Å²) in [7, 11) is 1.64. The Balaban J connectivity index is 0.00000106. The topological polar surface area (TPSA) is 53.6 Å². The van der Waals surface area contributed by atoms with Crippen molar-refractivity contribution in [3.63, 3.8) is 0 Å². The predicted octanol–water partition coefficient (Wildman–Crippen LogP) is -0.320. The Morgan fingerprint density at radius 1 is 1.31 bits per heavy atom. The lowest BCUT2D eigenvalue weighted by Gasteiger charge is -2.26. The van der Waals surface area contributed by atoms with Gasteiger partial charge >= 0.3 is 0 Å². The number of likely N-dealkylation sites (N-methyl/N-ethyl adjacent to an activating group) is 1. The Morgan fingerprint density at radius 2 is 1.94 bits per heavy atom. The number of rotatable bonds is 5. The fraction of sp³-hybridized carbons (Fsp3) is 0.909. The van der Waals surface area contributed by atoms with Crippen LogP contribution in [-0.2, 0) is 9.53 Å². The molecule has 0 unspecified atom stereocenters. The van der Waals surface area contributed by atoms with E-state index in [0.717, 1.165) is 39.4 Å². The first kappa shape index (κ1) is 15.3. The number of hydrogen-bond acceptors (Lipinski definition) is 4. The molecule has 1 saturated heterocycles. The molecule has 1 amide bonds. The number of hydrogen-bond donors (Lipinski definition) is 2. The predicted molar refractivity (Wildman–Crippen MR) is 65.5 cm³/mol. The third kappa shape index (κ3) is 7.62. The van der Waals surface area contributed by atoms with E-state index in [1.807, 2.05) is 13.8 Å². The van der Waals surface area contributed by atoms with Gasteiger partial charge in [-0.2, -0.15) is 0 Å². The molecule has 0 saturated carbocycles. The van der Waals surface area contributed by atoms with Gasteiger partial charge in [0.1, 0.15) is 0 Å². The monoisotopic (exact) mass is 231 g/mol. The smallest absolute Gasteiger partial charge is 0.233 e. The molecule has 5 heteroatoms. The summed E-state index contributed by atoms with van der Waals surface area (Å²) < 4.78 is 5.24. The third-order valence-electron chi connectivity index (χ3n) is 2.27. The molecule has 1 aliphatic heterocycles. The molecule has 2 N–H and O–H groups in total. The Hall–Kier alpha value is -0.650. The van der Waals surface area contributed by atoms with Crippen LogP contribution in [0.4, 0.5) is 0 Å². The van der Waals surface area contributed by atoms with Crippen LogP contribution in [0.3, 0.4) is 0 Å². The zero-order valence-electron chi connectivity index (χ0n) is 10.7. The second-order valence-electron chi connectivity index (χ2n) is 3.30.